The molecule has 0 bridgehead atoms. The Kier molecular flexibility index (Phi) is 5.36. The van der Waals surface area contributed by atoms with Crippen LogP contribution in [0.3, 0.4) is 0 Å². The van der Waals surface area contributed by atoms with Crippen LogP contribution in [0, 0.1) is 12.7 Å². The minimum Gasteiger partial charge on any atom is -0.332 e. The van der Waals surface area contributed by atoms with Gasteiger partial charge in [0, 0.05) is 36.1 Å². The number of urea groups is 1. The van der Waals surface area contributed by atoms with E-state index in [4.69, 9.17) is 10.7 Å². The Hall–Kier alpha value is -3.30. The van der Waals surface area contributed by atoms with Crippen molar-refractivity contribution >= 4 is 23.0 Å². The molecule has 4 aromatic rings. The van der Waals surface area contributed by atoms with Crippen molar-refractivity contribution in [3.63, 3.8) is 0 Å². The molecule has 5 rings (SSSR count). The number of aryl methyl sites for hydroxylation is 1. The Labute approximate surface area is 188 Å². The van der Waals surface area contributed by atoms with Crippen LogP contribution in [0.2, 0.25) is 0 Å². The molecule has 0 saturated carbocycles. The Morgan fingerprint density at radius 2 is 2.03 bits per heavy atom. The summed E-state index contributed by atoms with van der Waals surface area (Å²) in [6.07, 6.45) is 2.78. The number of nitrogens with one attached hydrogen (secondary N) is 1. The number of benzene rings is 1. The number of imidazole rings is 1. The van der Waals surface area contributed by atoms with Gasteiger partial charge in [0.15, 0.2) is 0 Å². The van der Waals surface area contributed by atoms with Gasteiger partial charge >= 0.3 is 6.03 Å². The Balaban J connectivity index is 1.40. The summed E-state index contributed by atoms with van der Waals surface area (Å²) in [6, 6.07) is 10.0. The van der Waals surface area contributed by atoms with Gasteiger partial charge in [0.1, 0.15) is 16.5 Å². The monoisotopic (exact) mass is 450 g/mol. The number of nitrogens with two attached hydrogens (primary N) is 1. The van der Waals surface area contributed by atoms with Crippen molar-refractivity contribution in [1.29, 1.82) is 0 Å². The maximum Gasteiger partial charge on any atom is 0.318 e. The van der Waals surface area contributed by atoms with Gasteiger partial charge in [-0.15, -0.1) is 11.3 Å². The van der Waals surface area contributed by atoms with Crippen molar-refractivity contribution < 1.29 is 9.18 Å². The predicted octanol–water partition coefficient (Wildman–Crippen LogP) is 3.63. The van der Waals surface area contributed by atoms with Gasteiger partial charge in [-0.1, -0.05) is 6.07 Å². The topological polar surface area (TPSA) is 88.5 Å². The lowest BCUT2D eigenvalue weighted by Crippen LogP contribution is -2.42. The van der Waals surface area contributed by atoms with E-state index in [1.54, 1.807) is 28.4 Å². The van der Waals surface area contributed by atoms with Crippen molar-refractivity contribution in [3.8, 4) is 11.3 Å². The summed E-state index contributed by atoms with van der Waals surface area (Å²) < 4.78 is 15.4. The summed E-state index contributed by atoms with van der Waals surface area (Å²) in [5.74, 6) is -0.299. The van der Waals surface area contributed by atoms with Crippen LogP contribution in [0.4, 0.5) is 9.18 Å². The van der Waals surface area contributed by atoms with Crippen molar-refractivity contribution in [1.82, 2.24) is 24.6 Å². The Morgan fingerprint density at radius 3 is 2.81 bits per heavy atom. The average Bonchev–Trinajstić information content (AvgIpc) is 3.38. The van der Waals surface area contributed by atoms with Crippen molar-refractivity contribution in [2.75, 3.05) is 6.54 Å². The highest BCUT2D eigenvalue weighted by Crippen LogP contribution is 2.27. The third kappa shape index (κ3) is 3.85. The molecule has 3 aromatic heterocycles. The van der Waals surface area contributed by atoms with Gasteiger partial charge in [0.2, 0.25) is 0 Å². The summed E-state index contributed by atoms with van der Waals surface area (Å²) in [4.78, 5) is 25.2. The number of nitrogens with zero attached hydrogens (tertiary/aromatic N) is 4. The number of hydrogen-bond donors (Lipinski definition) is 2. The molecule has 7 nitrogen and oxygen atoms in total. The van der Waals surface area contributed by atoms with Gasteiger partial charge in [0.05, 0.1) is 30.2 Å². The molecule has 0 saturated heterocycles. The number of fused-ring (bicyclic) bond motifs is 2. The molecule has 4 heterocycles. The summed E-state index contributed by atoms with van der Waals surface area (Å²) in [5, 5.41) is 3.95. The standard InChI is InChI=1S/C23H23FN6OS/c1-14-2-7-20-28-22(15-3-5-16(24)6-4-15)18(30(20)12-14)11-26-23(31)29-9-8-19-17(13-29)27-21(10-25)32-19/h2-7,12H,8-11,13,25H2,1H3,(H,26,31). The second kappa shape index (κ2) is 8.33. The van der Waals surface area contributed by atoms with Crippen LogP contribution in [0.15, 0.2) is 42.6 Å². The molecule has 1 aliphatic heterocycles. The van der Waals surface area contributed by atoms with E-state index in [-0.39, 0.29) is 11.8 Å². The molecule has 1 aromatic carbocycles. The summed E-state index contributed by atoms with van der Waals surface area (Å²) in [5.41, 5.74) is 10.9. The second-order valence-corrected chi connectivity index (χ2v) is 9.03. The first-order valence-electron chi connectivity index (χ1n) is 10.5. The quantitative estimate of drug-likeness (QED) is 0.497. The first-order chi connectivity index (χ1) is 15.5. The maximum absolute atomic E-state index is 13.5. The second-order valence-electron chi connectivity index (χ2n) is 7.86. The molecule has 164 valence electrons. The van der Waals surface area contributed by atoms with Gasteiger partial charge in [-0.3, -0.25) is 0 Å². The van der Waals surface area contributed by atoms with E-state index < -0.39 is 0 Å². The molecule has 0 fully saturated rings. The zero-order valence-electron chi connectivity index (χ0n) is 17.6. The molecule has 3 N–H and O–H groups in total. The molecule has 0 radical (unpaired) electrons. The number of thiazole rings is 1. The molecule has 0 aliphatic carbocycles. The molecule has 0 unspecified atom stereocenters. The molecule has 1 aliphatic rings. The first kappa shape index (κ1) is 20.6. The lowest BCUT2D eigenvalue weighted by Gasteiger charge is -2.26. The number of rotatable bonds is 4. The van der Waals surface area contributed by atoms with Crippen molar-refractivity contribution in [3.05, 3.63) is 75.2 Å². The van der Waals surface area contributed by atoms with E-state index >= 15 is 0 Å². The van der Waals surface area contributed by atoms with Crippen LogP contribution < -0.4 is 11.1 Å². The summed E-state index contributed by atoms with van der Waals surface area (Å²) in [6.45, 7) is 3.85. The van der Waals surface area contributed by atoms with Gasteiger partial charge in [-0.05, 0) is 42.8 Å². The fraction of sp³-hybridized carbons (Fsp3) is 0.261. The Morgan fingerprint density at radius 1 is 1.22 bits per heavy atom. The minimum absolute atomic E-state index is 0.148. The molecule has 0 spiro atoms. The third-order valence-corrected chi connectivity index (χ3v) is 6.80. The molecule has 32 heavy (non-hydrogen) atoms. The fourth-order valence-corrected chi connectivity index (χ4v) is 4.94. The highest BCUT2D eigenvalue weighted by atomic mass is 32.1. The Bertz CT molecular complexity index is 1300. The normalized spacial score (nSPS) is 13.4. The third-order valence-electron chi connectivity index (χ3n) is 5.62. The molecule has 0 atom stereocenters. The van der Waals surface area contributed by atoms with Gasteiger partial charge in [-0.25, -0.2) is 19.2 Å². The smallest absolute Gasteiger partial charge is 0.318 e. The van der Waals surface area contributed by atoms with Crippen molar-refractivity contribution in [2.45, 2.75) is 33.0 Å². The number of halogens is 1. The highest BCUT2D eigenvalue weighted by molar-refractivity contribution is 7.11. The number of amides is 2. The molecule has 2 amide bonds. The van der Waals surface area contributed by atoms with E-state index in [1.807, 2.05) is 29.7 Å². The number of aromatic nitrogens is 3. The van der Waals surface area contributed by atoms with Gasteiger partial charge in [-0.2, -0.15) is 0 Å². The van der Waals surface area contributed by atoms with Crippen LogP contribution in [0.1, 0.15) is 26.8 Å². The van der Waals surface area contributed by atoms with E-state index in [1.165, 1.54) is 17.0 Å². The van der Waals surface area contributed by atoms with Crippen LogP contribution >= 0.6 is 11.3 Å². The van der Waals surface area contributed by atoms with E-state index in [0.29, 0.717) is 26.2 Å². The summed E-state index contributed by atoms with van der Waals surface area (Å²) in [7, 11) is 0. The number of carbonyl (C=O) groups excluding carboxylic acids is 1. The lowest BCUT2D eigenvalue weighted by atomic mass is 10.1. The number of carbonyl (C=O) groups is 1. The highest BCUT2D eigenvalue weighted by Gasteiger charge is 2.24. The molecule has 9 heteroatoms. The van der Waals surface area contributed by atoms with Crippen LogP contribution in [0.5, 0.6) is 0 Å². The molecular weight excluding hydrogens is 427 g/mol. The van der Waals surface area contributed by atoms with E-state index in [2.05, 4.69) is 10.3 Å². The number of hydrogen-bond acceptors (Lipinski definition) is 5. The zero-order valence-corrected chi connectivity index (χ0v) is 18.5. The van der Waals surface area contributed by atoms with Crippen molar-refractivity contribution in [2.24, 2.45) is 5.73 Å². The van der Waals surface area contributed by atoms with E-state index in [9.17, 15) is 9.18 Å². The van der Waals surface area contributed by atoms with Gasteiger partial charge < -0.3 is 20.4 Å². The van der Waals surface area contributed by atoms with Gasteiger partial charge in [0.25, 0.3) is 0 Å². The van der Waals surface area contributed by atoms with E-state index in [0.717, 1.165) is 45.3 Å². The van der Waals surface area contributed by atoms with Crippen LogP contribution in [0.25, 0.3) is 16.9 Å². The van der Waals surface area contributed by atoms with Crippen LogP contribution in [-0.4, -0.2) is 31.8 Å². The largest absolute Gasteiger partial charge is 0.332 e. The fourth-order valence-electron chi connectivity index (χ4n) is 3.99. The average molecular weight is 451 g/mol. The molecular formula is C23H23FN6OS. The van der Waals surface area contributed by atoms with Crippen LogP contribution in [-0.2, 0) is 26.1 Å². The first-order valence-corrected chi connectivity index (χ1v) is 11.3. The number of pyridine rings is 1. The predicted molar refractivity (Wildman–Crippen MR) is 122 cm³/mol. The summed E-state index contributed by atoms with van der Waals surface area (Å²) >= 11 is 1.63. The lowest BCUT2D eigenvalue weighted by molar-refractivity contribution is 0.191. The zero-order chi connectivity index (χ0) is 22.2. The maximum atomic E-state index is 13.5. The SMILES string of the molecule is Cc1ccc2nc(-c3ccc(F)cc3)c(CNC(=O)N3CCc4sc(CN)nc4C3)n2c1. The minimum atomic E-state index is -0.299.